The minimum absolute atomic E-state index is 0.120. The molecular formula is C17H25NO2S. The highest BCUT2D eigenvalue weighted by molar-refractivity contribution is 7.99. The van der Waals surface area contributed by atoms with Gasteiger partial charge in [-0.15, -0.1) is 0 Å². The Balaban J connectivity index is 2.06. The van der Waals surface area contributed by atoms with Crippen molar-refractivity contribution in [3.63, 3.8) is 0 Å². The van der Waals surface area contributed by atoms with E-state index >= 15 is 0 Å². The van der Waals surface area contributed by atoms with Crippen LogP contribution >= 0.6 is 11.8 Å². The molecular weight excluding hydrogens is 282 g/mol. The number of benzene rings is 1. The Morgan fingerprint density at radius 1 is 1.38 bits per heavy atom. The third-order valence-corrected chi connectivity index (χ3v) is 5.41. The zero-order valence-corrected chi connectivity index (χ0v) is 14.0. The second-order valence-electron chi connectivity index (χ2n) is 5.55. The Kier molecular flexibility index (Phi) is 6.12. The first kappa shape index (κ1) is 16.4. The number of thioether (sulfide) groups is 1. The molecule has 0 unspecified atom stereocenters. The van der Waals surface area contributed by atoms with Crippen LogP contribution in [0.5, 0.6) is 0 Å². The van der Waals surface area contributed by atoms with E-state index in [0.717, 1.165) is 29.7 Å². The van der Waals surface area contributed by atoms with Crippen molar-refractivity contribution in [1.29, 1.82) is 0 Å². The van der Waals surface area contributed by atoms with Crippen molar-refractivity contribution in [2.75, 3.05) is 19.9 Å². The number of hydrogen-bond acceptors (Lipinski definition) is 3. The van der Waals surface area contributed by atoms with Crippen LogP contribution in [-0.2, 0) is 11.3 Å². The van der Waals surface area contributed by atoms with Crippen LogP contribution in [0.1, 0.15) is 42.1 Å². The largest absolute Gasteiger partial charge is 0.380 e. The Morgan fingerprint density at radius 3 is 2.86 bits per heavy atom. The molecule has 0 spiro atoms. The van der Waals surface area contributed by atoms with E-state index in [2.05, 4.69) is 6.92 Å². The van der Waals surface area contributed by atoms with Gasteiger partial charge in [-0.2, -0.15) is 11.8 Å². The topological polar surface area (TPSA) is 29.5 Å². The van der Waals surface area contributed by atoms with E-state index in [9.17, 15) is 4.79 Å². The molecule has 0 bridgehead atoms. The lowest BCUT2D eigenvalue weighted by Gasteiger charge is -2.25. The van der Waals surface area contributed by atoms with Gasteiger partial charge in [0.1, 0.15) is 0 Å². The molecule has 0 saturated heterocycles. The fraction of sp³-hybridized carbons (Fsp3) is 0.588. The first-order chi connectivity index (χ1) is 10.2. The van der Waals surface area contributed by atoms with Gasteiger partial charge < -0.3 is 9.64 Å². The Hall–Kier alpha value is -1.00. The van der Waals surface area contributed by atoms with Crippen LogP contribution in [-0.4, -0.2) is 42.0 Å². The van der Waals surface area contributed by atoms with Crippen molar-refractivity contribution in [3.8, 4) is 0 Å². The van der Waals surface area contributed by atoms with Crippen molar-refractivity contribution in [2.24, 2.45) is 0 Å². The molecule has 1 aliphatic rings. The summed E-state index contributed by atoms with van der Waals surface area (Å²) < 4.78 is 5.20. The lowest BCUT2D eigenvalue weighted by molar-refractivity contribution is 0.0730. The molecule has 0 heterocycles. The molecule has 0 N–H and O–H groups in total. The highest BCUT2D eigenvalue weighted by atomic mass is 32.2. The summed E-state index contributed by atoms with van der Waals surface area (Å²) in [5.74, 6) is 1.28. The van der Waals surface area contributed by atoms with Crippen LogP contribution in [0.25, 0.3) is 0 Å². The standard InChI is InChI=1S/C17H25NO2S/c1-4-21-15-10-9-14(11-15)18(2)17(19)16-8-6-5-7-13(16)12-20-3/h5-8,14-15H,4,9-12H2,1-3H3/t14-,15-/m0/s1. The van der Waals surface area contributed by atoms with Gasteiger partial charge in [0.05, 0.1) is 6.61 Å². The smallest absolute Gasteiger partial charge is 0.254 e. The summed E-state index contributed by atoms with van der Waals surface area (Å²) in [5.41, 5.74) is 1.74. The first-order valence-corrected chi connectivity index (χ1v) is 8.67. The molecule has 2 rings (SSSR count). The van der Waals surface area contributed by atoms with E-state index in [0.29, 0.717) is 17.9 Å². The lowest BCUT2D eigenvalue weighted by atomic mass is 10.1. The van der Waals surface area contributed by atoms with E-state index < -0.39 is 0 Å². The molecule has 21 heavy (non-hydrogen) atoms. The van der Waals surface area contributed by atoms with Gasteiger partial charge in [0.2, 0.25) is 0 Å². The number of hydrogen-bond donors (Lipinski definition) is 0. The van der Waals surface area contributed by atoms with Crippen LogP contribution < -0.4 is 0 Å². The molecule has 1 saturated carbocycles. The van der Waals surface area contributed by atoms with Crippen molar-refractivity contribution in [3.05, 3.63) is 35.4 Å². The van der Waals surface area contributed by atoms with Crippen molar-refractivity contribution in [2.45, 2.75) is 44.1 Å². The van der Waals surface area contributed by atoms with Gasteiger partial charge in [0, 0.05) is 31.0 Å². The van der Waals surface area contributed by atoms with Gasteiger partial charge in [0.15, 0.2) is 0 Å². The molecule has 1 aromatic carbocycles. The van der Waals surface area contributed by atoms with Gasteiger partial charge in [-0.25, -0.2) is 0 Å². The summed E-state index contributed by atoms with van der Waals surface area (Å²) in [6.07, 6.45) is 3.46. The first-order valence-electron chi connectivity index (χ1n) is 7.63. The van der Waals surface area contributed by atoms with E-state index in [1.807, 2.05) is 48.0 Å². The summed E-state index contributed by atoms with van der Waals surface area (Å²) >= 11 is 2.02. The lowest BCUT2D eigenvalue weighted by Crippen LogP contribution is -2.36. The maximum absolute atomic E-state index is 12.8. The quantitative estimate of drug-likeness (QED) is 0.804. The summed E-state index contributed by atoms with van der Waals surface area (Å²) in [7, 11) is 3.60. The number of carbonyl (C=O) groups is 1. The summed E-state index contributed by atoms with van der Waals surface area (Å²) in [6, 6.07) is 8.12. The zero-order chi connectivity index (χ0) is 15.2. The van der Waals surface area contributed by atoms with E-state index in [1.54, 1.807) is 7.11 Å². The maximum Gasteiger partial charge on any atom is 0.254 e. The Labute approximate surface area is 132 Å². The minimum Gasteiger partial charge on any atom is -0.380 e. The van der Waals surface area contributed by atoms with Gasteiger partial charge in [-0.3, -0.25) is 4.79 Å². The number of rotatable bonds is 6. The van der Waals surface area contributed by atoms with Gasteiger partial charge in [0.25, 0.3) is 5.91 Å². The molecule has 1 fully saturated rings. The summed E-state index contributed by atoms with van der Waals surface area (Å²) in [4.78, 5) is 14.7. The monoisotopic (exact) mass is 307 g/mol. The third-order valence-electron chi connectivity index (χ3n) is 4.17. The van der Waals surface area contributed by atoms with Gasteiger partial charge in [-0.1, -0.05) is 25.1 Å². The normalized spacial score (nSPS) is 21.5. The predicted molar refractivity (Wildman–Crippen MR) is 88.8 cm³/mol. The van der Waals surface area contributed by atoms with Crippen molar-refractivity contribution >= 4 is 17.7 Å². The number of methoxy groups -OCH3 is 1. The minimum atomic E-state index is 0.120. The second kappa shape index (κ2) is 7.85. The van der Waals surface area contributed by atoms with Crippen LogP contribution in [0.2, 0.25) is 0 Å². The van der Waals surface area contributed by atoms with Gasteiger partial charge in [-0.05, 0) is 36.6 Å². The fourth-order valence-corrected chi connectivity index (χ4v) is 4.15. The Morgan fingerprint density at radius 2 is 2.14 bits per heavy atom. The number of amides is 1. The molecule has 1 aromatic rings. The summed E-state index contributed by atoms with van der Waals surface area (Å²) in [5, 5.41) is 0.712. The van der Waals surface area contributed by atoms with Crippen LogP contribution in [0, 0.1) is 0 Å². The summed E-state index contributed by atoms with van der Waals surface area (Å²) in [6.45, 7) is 2.68. The molecule has 1 amide bonds. The molecule has 116 valence electrons. The molecule has 4 heteroatoms. The van der Waals surface area contributed by atoms with Crippen LogP contribution in [0.15, 0.2) is 24.3 Å². The second-order valence-corrected chi connectivity index (χ2v) is 7.13. The number of ether oxygens (including phenoxy) is 1. The fourth-order valence-electron chi connectivity index (χ4n) is 3.02. The maximum atomic E-state index is 12.8. The highest BCUT2D eigenvalue weighted by Crippen LogP contribution is 2.32. The van der Waals surface area contributed by atoms with E-state index in [4.69, 9.17) is 4.74 Å². The van der Waals surface area contributed by atoms with Crippen LogP contribution in [0.4, 0.5) is 0 Å². The molecule has 0 aliphatic heterocycles. The molecule has 2 atom stereocenters. The van der Waals surface area contributed by atoms with E-state index in [-0.39, 0.29) is 5.91 Å². The average Bonchev–Trinajstić information content (AvgIpc) is 2.96. The van der Waals surface area contributed by atoms with Crippen molar-refractivity contribution < 1.29 is 9.53 Å². The van der Waals surface area contributed by atoms with Crippen LogP contribution in [0.3, 0.4) is 0 Å². The van der Waals surface area contributed by atoms with Crippen molar-refractivity contribution in [1.82, 2.24) is 4.90 Å². The molecule has 0 aromatic heterocycles. The highest BCUT2D eigenvalue weighted by Gasteiger charge is 2.30. The molecule has 3 nitrogen and oxygen atoms in total. The predicted octanol–water partition coefficient (Wildman–Crippen LogP) is 3.58. The zero-order valence-electron chi connectivity index (χ0n) is 13.2. The SMILES string of the molecule is CCS[C@H]1CC[C@H](N(C)C(=O)c2ccccc2COC)C1. The van der Waals surface area contributed by atoms with E-state index in [1.165, 1.54) is 6.42 Å². The molecule has 1 aliphatic carbocycles. The molecule has 0 radical (unpaired) electrons. The Bertz CT molecular complexity index is 478. The third kappa shape index (κ3) is 4.01. The average molecular weight is 307 g/mol. The van der Waals surface area contributed by atoms with Gasteiger partial charge >= 0.3 is 0 Å². The number of carbonyl (C=O) groups excluding carboxylic acids is 1. The number of nitrogens with zero attached hydrogens (tertiary/aromatic N) is 1.